The van der Waals surface area contributed by atoms with Crippen LogP contribution < -0.4 is 0 Å². The molecule has 0 radical (unpaired) electrons. The van der Waals surface area contributed by atoms with Gasteiger partial charge >= 0.3 is 5.97 Å². The van der Waals surface area contributed by atoms with Crippen LogP contribution in [0.3, 0.4) is 0 Å². The fourth-order valence-corrected chi connectivity index (χ4v) is 2.73. The molecular formula is C12H19N3O2. The molecule has 1 saturated carbocycles. The SMILES string of the molecule is COC(=O)C(c1nc(C)nn1C)C1CCCC1. The van der Waals surface area contributed by atoms with E-state index in [2.05, 4.69) is 10.1 Å². The Balaban J connectivity index is 2.32. The van der Waals surface area contributed by atoms with Gasteiger partial charge in [0.15, 0.2) is 0 Å². The second-order valence-corrected chi connectivity index (χ2v) is 4.69. The fraction of sp³-hybridized carbons (Fsp3) is 0.750. The van der Waals surface area contributed by atoms with E-state index in [1.165, 1.54) is 20.0 Å². The summed E-state index contributed by atoms with van der Waals surface area (Å²) in [6.07, 6.45) is 4.53. The Kier molecular flexibility index (Phi) is 3.45. The number of hydrogen-bond acceptors (Lipinski definition) is 4. The van der Waals surface area contributed by atoms with Gasteiger partial charge in [0.1, 0.15) is 17.6 Å². The maximum Gasteiger partial charge on any atom is 0.316 e. The zero-order valence-corrected chi connectivity index (χ0v) is 10.6. The smallest absolute Gasteiger partial charge is 0.316 e. The van der Waals surface area contributed by atoms with Crippen LogP contribution in [0.15, 0.2) is 0 Å². The molecule has 0 N–H and O–H groups in total. The number of aryl methyl sites for hydroxylation is 2. The molecule has 1 aromatic heterocycles. The lowest BCUT2D eigenvalue weighted by atomic mass is 9.90. The zero-order chi connectivity index (χ0) is 12.4. The van der Waals surface area contributed by atoms with E-state index in [9.17, 15) is 4.79 Å². The van der Waals surface area contributed by atoms with Crippen LogP contribution in [-0.2, 0) is 16.6 Å². The fourth-order valence-electron chi connectivity index (χ4n) is 2.73. The van der Waals surface area contributed by atoms with Crippen molar-refractivity contribution in [1.29, 1.82) is 0 Å². The van der Waals surface area contributed by atoms with Crippen LogP contribution >= 0.6 is 0 Å². The summed E-state index contributed by atoms with van der Waals surface area (Å²) < 4.78 is 6.63. The summed E-state index contributed by atoms with van der Waals surface area (Å²) in [5, 5.41) is 4.22. The molecule has 1 aliphatic rings. The van der Waals surface area contributed by atoms with Crippen LogP contribution in [0.25, 0.3) is 0 Å². The first-order valence-electron chi connectivity index (χ1n) is 6.09. The van der Waals surface area contributed by atoms with E-state index < -0.39 is 0 Å². The van der Waals surface area contributed by atoms with Gasteiger partial charge in [0.05, 0.1) is 7.11 Å². The molecule has 0 bridgehead atoms. The number of esters is 1. The van der Waals surface area contributed by atoms with E-state index in [-0.39, 0.29) is 11.9 Å². The predicted octanol–water partition coefficient (Wildman–Crippen LogP) is 1.57. The maximum atomic E-state index is 12.0. The first-order valence-corrected chi connectivity index (χ1v) is 6.09. The standard InChI is InChI=1S/C12H19N3O2/c1-8-13-11(15(2)14-8)10(12(16)17-3)9-6-4-5-7-9/h9-10H,4-7H2,1-3H3. The lowest BCUT2D eigenvalue weighted by Crippen LogP contribution is -2.24. The molecule has 0 saturated heterocycles. The van der Waals surface area contributed by atoms with Crippen LogP contribution in [0.4, 0.5) is 0 Å². The number of nitrogens with zero attached hydrogens (tertiary/aromatic N) is 3. The third-order valence-corrected chi connectivity index (χ3v) is 3.51. The minimum atomic E-state index is -0.256. The molecule has 1 heterocycles. The van der Waals surface area contributed by atoms with Crippen molar-refractivity contribution in [3.8, 4) is 0 Å². The van der Waals surface area contributed by atoms with Crippen LogP contribution in [0, 0.1) is 12.8 Å². The number of hydrogen-bond donors (Lipinski definition) is 0. The molecule has 0 aromatic carbocycles. The third-order valence-electron chi connectivity index (χ3n) is 3.51. The quantitative estimate of drug-likeness (QED) is 0.749. The summed E-state index contributed by atoms with van der Waals surface area (Å²) in [6.45, 7) is 1.84. The summed E-state index contributed by atoms with van der Waals surface area (Å²) in [7, 11) is 3.27. The van der Waals surface area contributed by atoms with Crippen molar-refractivity contribution in [2.75, 3.05) is 7.11 Å². The molecule has 17 heavy (non-hydrogen) atoms. The van der Waals surface area contributed by atoms with Gasteiger partial charge in [-0.3, -0.25) is 9.48 Å². The lowest BCUT2D eigenvalue weighted by Gasteiger charge is -2.19. The number of rotatable bonds is 3. The molecule has 0 spiro atoms. The van der Waals surface area contributed by atoms with E-state index in [0.29, 0.717) is 11.7 Å². The zero-order valence-electron chi connectivity index (χ0n) is 10.6. The van der Waals surface area contributed by atoms with Crippen molar-refractivity contribution in [1.82, 2.24) is 14.8 Å². The predicted molar refractivity (Wildman–Crippen MR) is 62.5 cm³/mol. The normalized spacial score (nSPS) is 18.3. The second-order valence-electron chi connectivity index (χ2n) is 4.69. The highest BCUT2D eigenvalue weighted by Gasteiger charge is 2.36. The Morgan fingerprint density at radius 3 is 2.59 bits per heavy atom. The van der Waals surface area contributed by atoms with Gasteiger partial charge < -0.3 is 4.74 Å². The van der Waals surface area contributed by atoms with Crippen LogP contribution in [0.2, 0.25) is 0 Å². The van der Waals surface area contributed by atoms with E-state index in [0.717, 1.165) is 18.7 Å². The average Bonchev–Trinajstić information content (AvgIpc) is 2.90. The maximum absolute atomic E-state index is 12.0. The number of ether oxygens (including phenoxy) is 1. The molecule has 94 valence electrons. The highest BCUT2D eigenvalue weighted by molar-refractivity contribution is 5.77. The Morgan fingerprint density at radius 2 is 2.12 bits per heavy atom. The van der Waals surface area contributed by atoms with Gasteiger partial charge in [0.2, 0.25) is 0 Å². The van der Waals surface area contributed by atoms with Crippen molar-refractivity contribution in [3.63, 3.8) is 0 Å². The van der Waals surface area contributed by atoms with Crippen molar-refractivity contribution in [3.05, 3.63) is 11.6 Å². The van der Waals surface area contributed by atoms with E-state index in [4.69, 9.17) is 4.74 Å². The number of carbonyl (C=O) groups excluding carboxylic acids is 1. The third kappa shape index (κ3) is 2.33. The Labute approximate surface area is 101 Å². The Bertz CT molecular complexity index is 408. The summed E-state index contributed by atoms with van der Waals surface area (Å²) >= 11 is 0. The molecule has 0 aliphatic heterocycles. The number of aromatic nitrogens is 3. The minimum Gasteiger partial charge on any atom is -0.468 e. The minimum absolute atomic E-state index is 0.188. The summed E-state index contributed by atoms with van der Waals surface area (Å²) in [4.78, 5) is 16.3. The molecule has 2 rings (SSSR count). The van der Waals surface area contributed by atoms with Crippen molar-refractivity contribution in [2.45, 2.75) is 38.5 Å². The summed E-state index contributed by atoms with van der Waals surface area (Å²) in [5.41, 5.74) is 0. The monoisotopic (exact) mass is 237 g/mol. The Hall–Kier alpha value is -1.39. The molecule has 5 nitrogen and oxygen atoms in total. The van der Waals surface area contributed by atoms with Gasteiger partial charge in [-0.2, -0.15) is 5.10 Å². The molecule has 1 unspecified atom stereocenters. The number of methoxy groups -OCH3 is 1. The van der Waals surface area contributed by atoms with Gasteiger partial charge in [-0.05, 0) is 25.7 Å². The summed E-state index contributed by atoms with van der Waals surface area (Å²) in [5.74, 6) is 1.35. The highest BCUT2D eigenvalue weighted by Crippen LogP contribution is 2.37. The molecular weight excluding hydrogens is 218 g/mol. The lowest BCUT2D eigenvalue weighted by molar-refractivity contribution is -0.144. The van der Waals surface area contributed by atoms with Crippen molar-refractivity contribution in [2.24, 2.45) is 13.0 Å². The van der Waals surface area contributed by atoms with Gasteiger partial charge in [0.25, 0.3) is 0 Å². The van der Waals surface area contributed by atoms with Crippen LogP contribution in [-0.4, -0.2) is 27.8 Å². The largest absolute Gasteiger partial charge is 0.468 e. The van der Waals surface area contributed by atoms with Gasteiger partial charge in [-0.15, -0.1) is 0 Å². The highest BCUT2D eigenvalue weighted by atomic mass is 16.5. The van der Waals surface area contributed by atoms with Gasteiger partial charge in [-0.1, -0.05) is 12.8 Å². The van der Waals surface area contributed by atoms with Crippen LogP contribution in [0.5, 0.6) is 0 Å². The van der Waals surface area contributed by atoms with Crippen molar-refractivity contribution >= 4 is 5.97 Å². The summed E-state index contributed by atoms with van der Waals surface area (Å²) in [6, 6.07) is 0. The van der Waals surface area contributed by atoms with Crippen LogP contribution in [0.1, 0.15) is 43.3 Å². The van der Waals surface area contributed by atoms with E-state index >= 15 is 0 Å². The molecule has 1 aliphatic carbocycles. The van der Waals surface area contributed by atoms with Gasteiger partial charge in [-0.25, -0.2) is 4.98 Å². The topological polar surface area (TPSA) is 57.0 Å². The molecule has 1 fully saturated rings. The van der Waals surface area contributed by atoms with Crippen molar-refractivity contribution < 1.29 is 9.53 Å². The molecule has 5 heteroatoms. The second kappa shape index (κ2) is 4.85. The molecule has 1 aromatic rings. The van der Waals surface area contributed by atoms with Gasteiger partial charge in [0, 0.05) is 7.05 Å². The van der Waals surface area contributed by atoms with E-state index in [1.54, 1.807) is 4.68 Å². The Morgan fingerprint density at radius 1 is 1.47 bits per heavy atom. The average molecular weight is 237 g/mol. The molecule has 1 atom stereocenters. The molecule has 0 amide bonds. The first kappa shape index (κ1) is 12.1. The van der Waals surface area contributed by atoms with E-state index in [1.807, 2.05) is 14.0 Å². The number of carbonyl (C=O) groups is 1. The first-order chi connectivity index (χ1) is 8.13.